The summed E-state index contributed by atoms with van der Waals surface area (Å²) in [6, 6.07) is 11.6. The van der Waals surface area contributed by atoms with E-state index in [1.54, 1.807) is 18.2 Å². The number of halogens is 3. The Labute approximate surface area is 178 Å². The van der Waals surface area contributed by atoms with E-state index in [2.05, 4.69) is 14.7 Å². The molecule has 1 unspecified atom stereocenters. The van der Waals surface area contributed by atoms with Gasteiger partial charge in [0.15, 0.2) is 0 Å². The van der Waals surface area contributed by atoms with Crippen LogP contribution in [0, 0.1) is 5.92 Å². The lowest BCUT2D eigenvalue weighted by atomic mass is 9.98. The Morgan fingerprint density at radius 2 is 1.87 bits per heavy atom. The van der Waals surface area contributed by atoms with Crippen molar-refractivity contribution < 1.29 is 21.6 Å². The van der Waals surface area contributed by atoms with Gasteiger partial charge in [-0.05, 0) is 49.1 Å². The molecule has 0 aliphatic carbocycles. The van der Waals surface area contributed by atoms with Gasteiger partial charge in [0, 0.05) is 25.0 Å². The predicted molar refractivity (Wildman–Crippen MR) is 111 cm³/mol. The highest BCUT2D eigenvalue weighted by Gasteiger charge is 2.31. The van der Waals surface area contributed by atoms with Gasteiger partial charge in [0.2, 0.25) is 10.0 Å². The van der Waals surface area contributed by atoms with Crippen LogP contribution in [0.25, 0.3) is 10.9 Å². The van der Waals surface area contributed by atoms with Crippen LogP contribution in [0.15, 0.2) is 59.8 Å². The lowest BCUT2D eigenvalue weighted by Crippen LogP contribution is -2.41. The van der Waals surface area contributed by atoms with Crippen LogP contribution < -0.4 is 9.62 Å². The summed E-state index contributed by atoms with van der Waals surface area (Å²) in [7, 11) is -3.62. The van der Waals surface area contributed by atoms with Gasteiger partial charge in [0.1, 0.15) is 12.1 Å². The van der Waals surface area contributed by atoms with Crippen LogP contribution in [0.2, 0.25) is 0 Å². The molecule has 1 aromatic heterocycles. The summed E-state index contributed by atoms with van der Waals surface area (Å²) in [5, 5.41) is 0.336. The molecule has 0 spiro atoms. The number of nitrogens with zero attached hydrogens (tertiary/aromatic N) is 3. The number of rotatable bonds is 5. The minimum Gasteiger partial charge on any atom is -0.356 e. The van der Waals surface area contributed by atoms with Crippen LogP contribution in [0.5, 0.6) is 0 Å². The highest BCUT2D eigenvalue weighted by atomic mass is 32.2. The SMILES string of the molecule is O=S(=O)(NCC1CCCN(c2ncnc3ccc(C(F)(F)F)cc23)C1)c1ccccc1. The second-order valence-corrected chi connectivity index (χ2v) is 9.31. The zero-order chi connectivity index (χ0) is 22.1. The van der Waals surface area contributed by atoms with Gasteiger partial charge in [-0.2, -0.15) is 13.2 Å². The summed E-state index contributed by atoms with van der Waals surface area (Å²) in [4.78, 5) is 10.4. The van der Waals surface area contributed by atoms with Crippen LogP contribution >= 0.6 is 0 Å². The van der Waals surface area contributed by atoms with Gasteiger partial charge in [-0.3, -0.25) is 0 Å². The van der Waals surface area contributed by atoms with E-state index in [1.807, 2.05) is 4.90 Å². The minimum atomic E-state index is -4.46. The molecule has 0 radical (unpaired) electrons. The van der Waals surface area contributed by atoms with E-state index < -0.39 is 21.8 Å². The topological polar surface area (TPSA) is 75.2 Å². The van der Waals surface area contributed by atoms with E-state index in [-0.39, 0.29) is 17.4 Å². The molecule has 6 nitrogen and oxygen atoms in total. The molecule has 3 aromatic rings. The van der Waals surface area contributed by atoms with Gasteiger partial charge in [-0.15, -0.1) is 0 Å². The second-order valence-electron chi connectivity index (χ2n) is 7.55. The van der Waals surface area contributed by atoms with Gasteiger partial charge < -0.3 is 4.90 Å². The van der Waals surface area contributed by atoms with Crippen molar-refractivity contribution in [1.82, 2.24) is 14.7 Å². The molecule has 0 bridgehead atoms. The van der Waals surface area contributed by atoms with E-state index in [0.29, 0.717) is 29.8 Å². The van der Waals surface area contributed by atoms with Crippen molar-refractivity contribution in [3.05, 3.63) is 60.4 Å². The molecule has 164 valence electrons. The number of nitrogens with one attached hydrogen (secondary N) is 1. The lowest BCUT2D eigenvalue weighted by Gasteiger charge is -2.34. The number of fused-ring (bicyclic) bond motifs is 1. The molecule has 0 saturated carbocycles. The Kier molecular flexibility index (Phi) is 5.85. The molecule has 4 rings (SSSR count). The van der Waals surface area contributed by atoms with Gasteiger partial charge in [0.05, 0.1) is 16.0 Å². The molecular weight excluding hydrogens is 429 g/mol. The highest BCUT2D eigenvalue weighted by Crippen LogP contribution is 2.34. The molecule has 2 heterocycles. The van der Waals surface area contributed by atoms with Crippen LogP contribution in [-0.4, -0.2) is 38.0 Å². The van der Waals surface area contributed by atoms with Crippen molar-refractivity contribution in [2.24, 2.45) is 5.92 Å². The fourth-order valence-corrected chi connectivity index (χ4v) is 4.94. The van der Waals surface area contributed by atoms with E-state index in [9.17, 15) is 21.6 Å². The number of sulfonamides is 1. The van der Waals surface area contributed by atoms with E-state index in [1.165, 1.54) is 24.5 Å². The fourth-order valence-electron chi connectivity index (χ4n) is 3.81. The maximum absolute atomic E-state index is 13.2. The standard InChI is InChI=1S/C21H21F3N4O2S/c22-21(23,24)16-8-9-19-18(11-16)20(26-14-25-19)28-10-4-5-15(13-28)12-27-31(29,30)17-6-2-1-3-7-17/h1-3,6-9,11,14-15,27H,4-5,10,12-13H2. The first-order valence-electron chi connectivity index (χ1n) is 9.86. The Morgan fingerprint density at radius 3 is 2.61 bits per heavy atom. The smallest absolute Gasteiger partial charge is 0.356 e. The molecule has 1 aliphatic rings. The average molecular weight is 450 g/mol. The summed E-state index contributed by atoms with van der Waals surface area (Å²) in [6.07, 6.45) is -1.53. The van der Waals surface area contributed by atoms with Crippen LogP contribution in [0.1, 0.15) is 18.4 Å². The number of hydrogen-bond acceptors (Lipinski definition) is 5. The molecular formula is C21H21F3N4O2S. The summed E-state index contributed by atoms with van der Waals surface area (Å²) in [5.74, 6) is 0.440. The summed E-state index contributed by atoms with van der Waals surface area (Å²) >= 11 is 0. The predicted octanol–water partition coefficient (Wildman–Crippen LogP) is 3.84. The number of hydrogen-bond donors (Lipinski definition) is 1. The Balaban J connectivity index is 1.53. The molecule has 1 saturated heterocycles. The molecule has 1 N–H and O–H groups in total. The Morgan fingerprint density at radius 1 is 1.10 bits per heavy atom. The third kappa shape index (κ3) is 4.80. The quantitative estimate of drug-likeness (QED) is 0.639. The molecule has 0 amide bonds. The van der Waals surface area contributed by atoms with Crippen molar-refractivity contribution in [3.63, 3.8) is 0 Å². The van der Waals surface area contributed by atoms with Gasteiger partial charge in [-0.1, -0.05) is 18.2 Å². The monoisotopic (exact) mass is 450 g/mol. The zero-order valence-corrected chi connectivity index (χ0v) is 17.3. The maximum atomic E-state index is 13.2. The fraction of sp³-hybridized carbons (Fsp3) is 0.333. The van der Waals surface area contributed by atoms with Gasteiger partial charge in [0.25, 0.3) is 0 Å². The third-order valence-corrected chi connectivity index (χ3v) is 6.82. The first-order chi connectivity index (χ1) is 14.7. The highest BCUT2D eigenvalue weighted by molar-refractivity contribution is 7.89. The van der Waals surface area contributed by atoms with Crippen molar-refractivity contribution in [1.29, 1.82) is 0 Å². The normalized spacial score (nSPS) is 17.8. The summed E-state index contributed by atoms with van der Waals surface area (Å²) in [6.45, 7) is 1.36. The number of benzene rings is 2. The van der Waals surface area contributed by atoms with Crippen molar-refractivity contribution in [2.45, 2.75) is 23.9 Å². The van der Waals surface area contributed by atoms with Crippen molar-refractivity contribution in [3.8, 4) is 0 Å². The number of anilines is 1. The first-order valence-corrected chi connectivity index (χ1v) is 11.3. The van der Waals surface area contributed by atoms with Crippen LogP contribution in [0.4, 0.5) is 19.0 Å². The largest absolute Gasteiger partial charge is 0.416 e. The maximum Gasteiger partial charge on any atom is 0.416 e. The Bertz CT molecular complexity index is 1170. The number of aromatic nitrogens is 2. The van der Waals surface area contributed by atoms with Gasteiger partial charge >= 0.3 is 6.18 Å². The van der Waals surface area contributed by atoms with Crippen molar-refractivity contribution >= 4 is 26.7 Å². The van der Waals surface area contributed by atoms with E-state index >= 15 is 0 Å². The molecule has 1 atom stereocenters. The van der Waals surface area contributed by atoms with Gasteiger partial charge in [-0.25, -0.2) is 23.1 Å². The number of piperidine rings is 1. The second kappa shape index (κ2) is 8.43. The van der Waals surface area contributed by atoms with E-state index in [0.717, 1.165) is 25.0 Å². The van der Waals surface area contributed by atoms with Crippen LogP contribution in [-0.2, 0) is 16.2 Å². The average Bonchev–Trinajstić information content (AvgIpc) is 2.77. The lowest BCUT2D eigenvalue weighted by molar-refractivity contribution is -0.137. The Hall–Kier alpha value is -2.72. The summed E-state index contributed by atoms with van der Waals surface area (Å²) in [5.41, 5.74) is -0.315. The van der Waals surface area contributed by atoms with Crippen LogP contribution in [0.3, 0.4) is 0 Å². The zero-order valence-electron chi connectivity index (χ0n) is 16.5. The molecule has 31 heavy (non-hydrogen) atoms. The molecule has 10 heteroatoms. The third-order valence-electron chi connectivity index (χ3n) is 5.38. The minimum absolute atomic E-state index is 0.00283. The molecule has 1 aliphatic heterocycles. The van der Waals surface area contributed by atoms with E-state index in [4.69, 9.17) is 0 Å². The molecule has 1 fully saturated rings. The number of alkyl halides is 3. The molecule has 2 aromatic carbocycles. The summed E-state index contributed by atoms with van der Waals surface area (Å²) < 4.78 is 67.2. The first kappa shape index (κ1) is 21.5. The van der Waals surface area contributed by atoms with Crippen molar-refractivity contribution in [2.75, 3.05) is 24.5 Å².